The number of carboxylic acid groups (broad SMARTS) is 1. The molecule has 3 unspecified atom stereocenters. The number of carbonyl (C=O) groups is 1. The lowest BCUT2D eigenvalue weighted by Crippen LogP contribution is -2.43. The van der Waals surface area contributed by atoms with Gasteiger partial charge in [0.2, 0.25) is 0 Å². The standard InChI is InChI=1S/C18H27NO2/c1-13(2)11-16(17(20)21)19-15-9-10-18(3,12-15)14-7-5-4-6-8-14/h4-8,13,15-16,19H,9-12H2,1-3H3,(H,20,21). The van der Waals surface area contributed by atoms with Crippen molar-refractivity contribution in [2.45, 2.75) is 64.0 Å². The third kappa shape index (κ3) is 4.07. The summed E-state index contributed by atoms with van der Waals surface area (Å²) in [6.45, 7) is 6.43. The van der Waals surface area contributed by atoms with E-state index in [2.05, 4.69) is 50.4 Å². The first-order valence-electron chi connectivity index (χ1n) is 7.95. The highest BCUT2D eigenvalue weighted by Gasteiger charge is 2.37. The van der Waals surface area contributed by atoms with E-state index in [-0.39, 0.29) is 5.41 Å². The van der Waals surface area contributed by atoms with Gasteiger partial charge in [0, 0.05) is 6.04 Å². The summed E-state index contributed by atoms with van der Waals surface area (Å²) in [6.07, 6.45) is 3.86. The van der Waals surface area contributed by atoms with Crippen molar-refractivity contribution in [3.63, 3.8) is 0 Å². The predicted molar refractivity (Wildman–Crippen MR) is 85.4 cm³/mol. The molecule has 1 aliphatic rings. The van der Waals surface area contributed by atoms with Crippen LogP contribution >= 0.6 is 0 Å². The van der Waals surface area contributed by atoms with Gasteiger partial charge in [0.1, 0.15) is 6.04 Å². The van der Waals surface area contributed by atoms with Crippen molar-refractivity contribution in [3.8, 4) is 0 Å². The van der Waals surface area contributed by atoms with Crippen molar-refractivity contribution in [1.82, 2.24) is 5.32 Å². The molecule has 0 spiro atoms. The first-order chi connectivity index (χ1) is 9.90. The minimum Gasteiger partial charge on any atom is -0.480 e. The maximum Gasteiger partial charge on any atom is 0.320 e. The molecule has 0 bridgehead atoms. The van der Waals surface area contributed by atoms with Crippen molar-refractivity contribution >= 4 is 5.97 Å². The molecule has 21 heavy (non-hydrogen) atoms. The van der Waals surface area contributed by atoms with Gasteiger partial charge in [-0.2, -0.15) is 0 Å². The number of aliphatic carboxylic acids is 1. The summed E-state index contributed by atoms with van der Waals surface area (Å²) < 4.78 is 0. The monoisotopic (exact) mass is 289 g/mol. The van der Waals surface area contributed by atoms with Crippen LogP contribution in [0.5, 0.6) is 0 Å². The Morgan fingerprint density at radius 2 is 2.05 bits per heavy atom. The summed E-state index contributed by atoms with van der Waals surface area (Å²) in [6, 6.07) is 10.5. The molecule has 1 aromatic carbocycles. The second-order valence-electron chi connectivity index (χ2n) is 7.05. The molecular weight excluding hydrogens is 262 g/mol. The second kappa shape index (κ2) is 6.61. The van der Waals surface area contributed by atoms with Gasteiger partial charge in [0.05, 0.1) is 0 Å². The van der Waals surface area contributed by atoms with Crippen LogP contribution in [-0.4, -0.2) is 23.2 Å². The third-order valence-electron chi connectivity index (χ3n) is 4.65. The summed E-state index contributed by atoms with van der Waals surface area (Å²) in [5.74, 6) is -0.336. The zero-order chi connectivity index (χ0) is 15.5. The minimum atomic E-state index is -0.725. The topological polar surface area (TPSA) is 49.3 Å². The Hall–Kier alpha value is -1.35. The fourth-order valence-corrected chi connectivity index (χ4v) is 3.48. The lowest BCUT2D eigenvalue weighted by molar-refractivity contribution is -0.140. The SMILES string of the molecule is CC(C)CC(NC1CCC(C)(c2ccccc2)C1)C(=O)O. The maximum absolute atomic E-state index is 11.4. The Kier molecular flexibility index (Phi) is 5.04. The van der Waals surface area contributed by atoms with Gasteiger partial charge < -0.3 is 10.4 Å². The van der Waals surface area contributed by atoms with Gasteiger partial charge in [-0.3, -0.25) is 4.79 Å². The molecule has 1 aliphatic carbocycles. The lowest BCUT2D eigenvalue weighted by atomic mass is 9.81. The first kappa shape index (κ1) is 16.0. The number of hydrogen-bond acceptors (Lipinski definition) is 2. The quantitative estimate of drug-likeness (QED) is 0.841. The molecule has 0 amide bonds. The van der Waals surface area contributed by atoms with Crippen LogP contribution in [-0.2, 0) is 10.2 Å². The van der Waals surface area contributed by atoms with Crippen molar-refractivity contribution in [1.29, 1.82) is 0 Å². The number of benzene rings is 1. The highest BCUT2D eigenvalue weighted by atomic mass is 16.4. The molecule has 0 aliphatic heterocycles. The van der Waals surface area contributed by atoms with Crippen LogP contribution in [0.4, 0.5) is 0 Å². The van der Waals surface area contributed by atoms with Gasteiger partial charge in [-0.1, -0.05) is 51.1 Å². The highest BCUT2D eigenvalue weighted by molar-refractivity contribution is 5.73. The number of carboxylic acids is 1. The van der Waals surface area contributed by atoms with Crippen LogP contribution in [0.1, 0.15) is 52.0 Å². The minimum absolute atomic E-state index is 0.166. The summed E-state index contributed by atoms with van der Waals surface area (Å²) in [7, 11) is 0. The van der Waals surface area contributed by atoms with E-state index in [0.29, 0.717) is 18.4 Å². The van der Waals surface area contributed by atoms with E-state index >= 15 is 0 Å². The Morgan fingerprint density at radius 1 is 1.38 bits per heavy atom. The molecule has 3 nitrogen and oxygen atoms in total. The molecule has 0 aromatic heterocycles. The average molecular weight is 289 g/mol. The molecule has 3 atom stereocenters. The second-order valence-corrected chi connectivity index (χ2v) is 7.05. The molecule has 1 aromatic rings. The highest BCUT2D eigenvalue weighted by Crippen LogP contribution is 2.40. The van der Waals surface area contributed by atoms with Crippen LogP contribution in [0.2, 0.25) is 0 Å². The van der Waals surface area contributed by atoms with Gasteiger partial charge >= 0.3 is 5.97 Å². The van der Waals surface area contributed by atoms with E-state index in [1.807, 2.05) is 6.07 Å². The van der Waals surface area contributed by atoms with Crippen LogP contribution in [0, 0.1) is 5.92 Å². The van der Waals surface area contributed by atoms with Crippen molar-refractivity contribution in [2.24, 2.45) is 5.92 Å². The number of nitrogens with one attached hydrogen (secondary N) is 1. The Labute approximate surface area is 127 Å². The molecule has 1 saturated carbocycles. The molecule has 0 saturated heterocycles. The zero-order valence-electron chi connectivity index (χ0n) is 13.3. The molecule has 116 valence electrons. The summed E-state index contributed by atoms with van der Waals surface area (Å²) in [5.41, 5.74) is 1.53. The van der Waals surface area contributed by atoms with Gasteiger partial charge in [-0.25, -0.2) is 0 Å². The predicted octanol–water partition coefficient (Wildman–Crippen LogP) is 3.59. The molecule has 1 fully saturated rings. The third-order valence-corrected chi connectivity index (χ3v) is 4.65. The largest absolute Gasteiger partial charge is 0.480 e. The van der Waals surface area contributed by atoms with Gasteiger partial charge in [-0.15, -0.1) is 0 Å². The average Bonchev–Trinajstić information content (AvgIpc) is 2.81. The van der Waals surface area contributed by atoms with E-state index < -0.39 is 12.0 Å². The number of rotatable bonds is 6. The molecule has 0 heterocycles. The summed E-state index contributed by atoms with van der Waals surface area (Å²) >= 11 is 0. The van der Waals surface area contributed by atoms with Crippen molar-refractivity contribution in [3.05, 3.63) is 35.9 Å². The Balaban J connectivity index is 2.00. The fraction of sp³-hybridized carbons (Fsp3) is 0.611. The van der Waals surface area contributed by atoms with E-state index in [9.17, 15) is 9.90 Å². The molecule has 2 rings (SSSR count). The molecular formula is C18H27NO2. The molecule has 2 N–H and O–H groups in total. The van der Waals surface area contributed by atoms with Crippen LogP contribution < -0.4 is 5.32 Å². The normalized spacial score (nSPS) is 27.0. The Morgan fingerprint density at radius 3 is 2.62 bits per heavy atom. The molecule has 0 radical (unpaired) electrons. The van der Waals surface area contributed by atoms with Crippen molar-refractivity contribution < 1.29 is 9.90 Å². The summed E-state index contributed by atoms with van der Waals surface area (Å²) in [5, 5.41) is 12.7. The lowest BCUT2D eigenvalue weighted by Gasteiger charge is -2.26. The molecule has 3 heteroatoms. The van der Waals surface area contributed by atoms with Gasteiger partial charge in [0.15, 0.2) is 0 Å². The van der Waals surface area contributed by atoms with Crippen molar-refractivity contribution in [2.75, 3.05) is 0 Å². The smallest absolute Gasteiger partial charge is 0.320 e. The fourth-order valence-electron chi connectivity index (χ4n) is 3.48. The van der Waals surface area contributed by atoms with Crippen LogP contribution in [0.25, 0.3) is 0 Å². The number of hydrogen-bond donors (Lipinski definition) is 2. The van der Waals surface area contributed by atoms with E-state index in [4.69, 9.17) is 0 Å². The van der Waals surface area contributed by atoms with Crippen LogP contribution in [0.3, 0.4) is 0 Å². The van der Waals surface area contributed by atoms with Gasteiger partial charge in [-0.05, 0) is 42.6 Å². The Bertz CT molecular complexity index is 471. The first-order valence-corrected chi connectivity index (χ1v) is 7.95. The van der Waals surface area contributed by atoms with Gasteiger partial charge in [0.25, 0.3) is 0 Å². The zero-order valence-corrected chi connectivity index (χ0v) is 13.3. The summed E-state index contributed by atoms with van der Waals surface area (Å²) in [4.78, 5) is 11.4. The van der Waals surface area contributed by atoms with E-state index in [1.165, 1.54) is 5.56 Å². The van der Waals surface area contributed by atoms with Crippen LogP contribution in [0.15, 0.2) is 30.3 Å². The van der Waals surface area contributed by atoms with E-state index in [0.717, 1.165) is 19.3 Å². The maximum atomic E-state index is 11.4. The van der Waals surface area contributed by atoms with E-state index in [1.54, 1.807) is 0 Å².